The fourth-order valence-electron chi connectivity index (χ4n) is 3.32. The van der Waals surface area contributed by atoms with Crippen molar-refractivity contribution in [3.8, 4) is 0 Å². The van der Waals surface area contributed by atoms with Crippen molar-refractivity contribution in [3.05, 3.63) is 25.3 Å². The zero-order chi connectivity index (χ0) is 17.3. The Bertz CT molecular complexity index is 400. The van der Waals surface area contributed by atoms with E-state index in [0.29, 0.717) is 0 Å². The molecule has 0 aliphatic rings. The van der Waals surface area contributed by atoms with Gasteiger partial charge in [0.05, 0.1) is 12.7 Å². The molecule has 146 valence electrons. The molecule has 1 aromatic rings. The van der Waals surface area contributed by atoms with Crippen LogP contribution >= 0.6 is 0 Å². The summed E-state index contributed by atoms with van der Waals surface area (Å²) < 4.78 is 4.26. The minimum Gasteiger partial charge on any atom is -1.00 e. The first-order valence-corrected chi connectivity index (χ1v) is 10.6. The molecule has 3 heteroatoms. The summed E-state index contributed by atoms with van der Waals surface area (Å²) in [4.78, 5) is 0. The Labute approximate surface area is 163 Å². The molecule has 0 radical (unpaired) electrons. The normalized spacial score (nSPS) is 10.6. The molecular weight excluding hydrogens is 328 g/mol. The first-order valence-electron chi connectivity index (χ1n) is 10.6. The number of unbranched alkanes of at least 4 members (excludes halogenated alkanes) is 14. The highest BCUT2D eigenvalue weighted by Gasteiger charge is 2.00. The quantitative estimate of drug-likeness (QED) is 0.292. The Morgan fingerprint density at radius 3 is 1.60 bits per heavy atom. The van der Waals surface area contributed by atoms with E-state index in [9.17, 15) is 0 Å². The zero-order valence-electron chi connectivity index (χ0n) is 16.6. The second-order valence-corrected chi connectivity index (χ2v) is 7.23. The number of hydrogen-bond donors (Lipinski definition) is 0. The molecule has 0 saturated carbocycles. The molecule has 0 N–H and O–H groups in total. The lowest BCUT2D eigenvalue weighted by Gasteiger charge is -2.03. The summed E-state index contributed by atoms with van der Waals surface area (Å²) in [5.41, 5.74) is 0. The van der Waals surface area contributed by atoms with Crippen molar-refractivity contribution in [2.45, 2.75) is 110 Å². The van der Waals surface area contributed by atoms with E-state index in [0.717, 1.165) is 6.54 Å². The van der Waals surface area contributed by atoms with Gasteiger partial charge in [0.25, 0.3) is 0 Å². The van der Waals surface area contributed by atoms with Gasteiger partial charge in [0, 0.05) is 0 Å². The molecule has 1 aromatic heterocycles. The first kappa shape index (κ1) is 24.2. The minimum absolute atomic E-state index is 0. The van der Waals surface area contributed by atoms with E-state index in [2.05, 4.69) is 36.8 Å². The lowest BCUT2D eigenvalue weighted by Crippen LogP contribution is -3.00. The summed E-state index contributed by atoms with van der Waals surface area (Å²) in [7, 11) is 0. The highest BCUT2D eigenvalue weighted by atomic mass is 35.5. The molecule has 0 aliphatic carbocycles. The van der Waals surface area contributed by atoms with Crippen LogP contribution in [0.5, 0.6) is 0 Å². The predicted octanol–water partition coefficient (Wildman–Crippen LogP) is 3.75. The Morgan fingerprint density at radius 2 is 1.20 bits per heavy atom. The maximum Gasteiger partial charge on any atom is 0.248 e. The van der Waals surface area contributed by atoms with Crippen LogP contribution in [0.2, 0.25) is 0 Å². The molecule has 0 fully saturated rings. The van der Waals surface area contributed by atoms with Crippen LogP contribution in [-0.2, 0) is 6.54 Å². The molecular formula is C22H41ClN2. The van der Waals surface area contributed by atoms with Gasteiger partial charge in [0.2, 0.25) is 6.33 Å². The van der Waals surface area contributed by atoms with E-state index < -0.39 is 0 Å². The number of imidazole rings is 1. The smallest absolute Gasteiger partial charge is 0.248 e. The van der Waals surface area contributed by atoms with E-state index in [4.69, 9.17) is 0 Å². The Hall–Kier alpha value is -0.760. The van der Waals surface area contributed by atoms with Crippen molar-refractivity contribution in [3.63, 3.8) is 0 Å². The molecule has 25 heavy (non-hydrogen) atoms. The van der Waals surface area contributed by atoms with Gasteiger partial charge in [-0.25, -0.2) is 9.13 Å². The Kier molecular flexibility index (Phi) is 17.5. The molecule has 0 aliphatic heterocycles. The van der Waals surface area contributed by atoms with Crippen molar-refractivity contribution in [2.24, 2.45) is 0 Å². The van der Waals surface area contributed by atoms with Crippen LogP contribution in [0.1, 0.15) is 103 Å². The number of aryl methyl sites for hydroxylation is 1. The van der Waals surface area contributed by atoms with Crippen LogP contribution < -0.4 is 17.0 Å². The van der Waals surface area contributed by atoms with Gasteiger partial charge in [0.1, 0.15) is 12.4 Å². The molecule has 0 atom stereocenters. The number of halogens is 1. The molecule has 0 aromatic carbocycles. The van der Waals surface area contributed by atoms with Gasteiger partial charge in [-0.05, 0) is 12.8 Å². The third kappa shape index (κ3) is 14.1. The van der Waals surface area contributed by atoms with Crippen molar-refractivity contribution in [1.29, 1.82) is 0 Å². The van der Waals surface area contributed by atoms with E-state index in [1.807, 2.05) is 10.8 Å². The van der Waals surface area contributed by atoms with Gasteiger partial charge in [-0.1, -0.05) is 97.0 Å². The monoisotopic (exact) mass is 368 g/mol. The summed E-state index contributed by atoms with van der Waals surface area (Å²) in [5.74, 6) is 0. The van der Waals surface area contributed by atoms with Gasteiger partial charge >= 0.3 is 0 Å². The molecule has 0 amide bonds. The minimum atomic E-state index is 0. The van der Waals surface area contributed by atoms with Gasteiger partial charge < -0.3 is 12.4 Å². The third-order valence-corrected chi connectivity index (χ3v) is 4.94. The van der Waals surface area contributed by atoms with Crippen LogP contribution in [0.15, 0.2) is 25.3 Å². The summed E-state index contributed by atoms with van der Waals surface area (Å²) in [5, 5.41) is 0. The highest BCUT2D eigenvalue weighted by molar-refractivity contribution is 5.12. The summed E-state index contributed by atoms with van der Waals surface area (Å²) in [6, 6.07) is 0. The number of nitrogens with zero attached hydrogens (tertiary/aromatic N) is 2. The van der Waals surface area contributed by atoms with E-state index in [1.165, 1.54) is 96.3 Å². The highest BCUT2D eigenvalue weighted by Crippen LogP contribution is 2.13. The first-order chi connectivity index (χ1) is 11.9. The van der Waals surface area contributed by atoms with Crippen molar-refractivity contribution in [2.75, 3.05) is 0 Å². The zero-order valence-corrected chi connectivity index (χ0v) is 17.4. The number of hydrogen-bond acceptors (Lipinski definition) is 0. The predicted molar refractivity (Wildman–Crippen MR) is 106 cm³/mol. The van der Waals surface area contributed by atoms with Crippen LogP contribution in [0.4, 0.5) is 0 Å². The van der Waals surface area contributed by atoms with Crippen LogP contribution in [-0.4, -0.2) is 4.57 Å². The summed E-state index contributed by atoms with van der Waals surface area (Å²) in [6.07, 6.45) is 29.5. The van der Waals surface area contributed by atoms with Crippen molar-refractivity contribution in [1.82, 2.24) is 4.57 Å². The second kappa shape index (κ2) is 18.0. The van der Waals surface area contributed by atoms with E-state index in [1.54, 1.807) is 0 Å². The SMILES string of the molecule is C=Cn1cc[n+](CCCCCCCCCCCCCCCCC)c1.[Cl-]. The molecule has 2 nitrogen and oxygen atoms in total. The largest absolute Gasteiger partial charge is 1.00 e. The lowest BCUT2D eigenvalue weighted by atomic mass is 10.0. The van der Waals surface area contributed by atoms with Gasteiger partial charge in [-0.2, -0.15) is 0 Å². The fraction of sp³-hybridized carbons (Fsp3) is 0.773. The van der Waals surface area contributed by atoms with Crippen molar-refractivity contribution >= 4 is 6.20 Å². The summed E-state index contributed by atoms with van der Waals surface area (Å²) >= 11 is 0. The molecule has 1 rings (SSSR count). The van der Waals surface area contributed by atoms with Gasteiger partial charge in [-0.15, -0.1) is 0 Å². The van der Waals surface area contributed by atoms with Crippen LogP contribution in [0, 0.1) is 0 Å². The molecule has 0 bridgehead atoms. The average Bonchev–Trinajstić information content (AvgIpc) is 3.06. The number of rotatable bonds is 17. The van der Waals surface area contributed by atoms with E-state index in [-0.39, 0.29) is 12.4 Å². The van der Waals surface area contributed by atoms with Crippen molar-refractivity contribution < 1.29 is 17.0 Å². The second-order valence-electron chi connectivity index (χ2n) is 7.23. The van der Waals surface area contributed by atoms with Gasteiger partial charge in [0.15, 0.2) is 0 Å². The average molecular weight is 369 g/mol. The fourth-order valence-corrected chi connectivity index (χ4v) is 3.32. The van der Waals surface area contributed by atoms with Gasteiger partial charge in [-0.3, -0.25) is 0 Å². The van der Waals surface area contributed by atoms with E-state index >= 15 is 0 Å². The topological polar surface area (TPSA) is 8.81 Å². The Balaban J connectivity index is 0.00000576. The van der Waals surface area contributed by atoms with Crippen LogP contribution in [0.3, 0.4) is 0 Å². The lowest BCUT2D eigenvalue weighted by molar-refractivity contribution is -0.696. The standard InChI is InChI=1S/C22H41N2.ClH/c1-3-5-6-7-8-9-10-11-12-13-14-15-16-17-18-19-24-21-20-23(4-2)22-24;/h4,20-22H,2-3,5-19H2,1H3;1H/q+1;/p-1. The maximum atomic E-state index is 3.77. The molecule has 0 spiro atoms. The number of aromatic nitrogens is 2. The third-order valence-electron chi connectivity index (χ3n) is 4.94. The Morgan fingerprint density at radius 1 is 0.760 bits per heavy atom. The molecule has 1 heterocycles. The molecule has 0 saturated heterocycles. The molecule has 0 unspecified atom stereocenters. The maximum absolute atomic E-state index is 3.77. The summed E-state index contributed by atoms with van der Waals surface area (Å²) in [6.45, 7) is 7.20. The van der Waals surface area contributed by atoms with Crippen LogP contribution in [0.25, 0.3) is 6.20 Å².